The highest BCUT2D eigenvalue weighted by molar-refractivity contribution is 8.02. The molecule has 1 rings (SSSR count). The van der Waals surface area contributed by atoms with Crippen LogP contribution >= 0.6 is 23.1 Å². The minimum atomic E-state index is -0.442. The van der Waals surface area contributed by atoms with E-state index >= 15 is 0 Å². The Balaban J connectivity index is 2.52. The largest absolute Gasteiger partial charge is 0.459 e. The normalized spacial score (nSPS) is 13.6. The van der Waals surface area contributed by atoms with E-state index in [0.717, 1.165) is 9.35 Å². The molecule has 1 aromatic rings. The van der Waals surface area contributed by atoms with Gasteiger partial charge in [-0.2, -0.15) is 0 Å². The molecule has 1 aromatic heterocycles. The molecule has 90 valence electrons. The Labute approximate surface area is 104 Å². The lowest BCUT2D eigenvalue weighted by Gasteiger charge is -2.21. The van der Waals surface area contributed by atoms with E-state index in [0.29, 0.717) is 0 Å². The maximum absolute atomic E-state index is 11.7. The average molecular weight is 260 g/mol. The fourth-order valence-electron chi connectivity index (χ4n) is 0.910. The van der Waals surface area contributed by atoms with Crippen LogP contribution in [0.3, 0.4) is 0 Å². The van der Waals surface area contributed by atoms with Crippen LogP contribution in [0.1, 0.15) is 32.7 Å². The minimum absolute atomic E-state index is 0.217. The molecule has 1 atom stereocenters. The highest BCUT2D eigenvalue weighted by atomic mass is 32.2. The first-order valence-corrected chi connectivity index (χ1v) is 6.67. The zero-order valence-electron chi connectivity index (χ0n) is 10.1. The average Bonchev–Trinajstić information content (AvgIpc) is 2.48. The summed E-state index contributed by atoms with van der Waals surface area (Å²) in [5.41, 5.74) is -0.442. The molecule has 16 heavy (non-hydrogen) atoms. The Morgan fingerprint density at radius 3 is 2.50 bits per heavy atom. The highest BCUT2D eigenvalue weighted by Crippen LogP contribution is 2.27. The van der Waals surface area contributed by atoms with E-state index in [1.54, 1.807) is 0 Å². The molecule has 0 saturated carbocycles. The van der Waals surface area contributed by atoms with E-state index in [1.165, 1.54) is 23.1 Å². The van der Waals surface area contributed by atoms with Gasteiger partial charge in [0.2, 0.25) is 0 Å². The number of esters is 1. The molecule has 0 aromatic carbocycles. The third-order valence-corrected chi connectivity index (χ3v) is 3.53. The maximum atomic E-state index is 11.7. The summed E-state index contributed by atoms with van der Waals surface area (Å²) in [6.07, 6.45) is 0. The molecule has 0 aliphatic rings. The third kappa shape index (κ3) is 4.49. The molecule has 0 saturated heterocycles. The van der Waals surface area contributed by atoms with Crippen LogP contribution in [0.15, 0.2) is 4.34 Å². The van der Waals surface area contributed by atoms with Crippen LogP contribution in [-0.2, 0) is 9.53 Å². The molecule has 0 aliphatic heterocycles. The van der Waals surface area contributed by atoms with Gasteiger partial charge in [-0.05, 0) is 34.6 Å². The Morgan fingerprint density at radius 1 is 1.44 bits per heavy atom. The number of thioether (sulfide) groups is 1. The molecule has 0 radical (unpaired) electrons. The van der Waals surface area contributed by atoms with Crippen molar-refractivity contribution in [2.45, 2.75) is 49.8 Å². The molecular formula is C10H16N2O2S2. The van der Waals surface area contributed by atoms with Gasteiger partial charge in [-0.1, -0.05) is 23.1 Å². The number of ether oxygens (including phenoxy) is 1. The van der Waals surface area contributed by atoms with E-state index in [9.17, 15) is 4.79 Å². The van der Waals surface area contributed by atoms with Crippen molar-refractivity contribution in [1.29, 1.82) is 0 Å². The van der Waals surface area contributed by atoms with Gasteiger partial charge in [0.1, 0.15) is 15.9 Å². The number of aromatic nitrogens is 2. The monoisotopic (exact) mass is 260 g/mol. The predicted molar refractivity (Wildman–Crippen MR) is 65.8 cm³/mol. The van der Waals surface area contributed by atoms with E-state index in [2.05, 4.69) is 10.2 Å². The lowest BCUT2D eigenvalue weighted by Crippen LogP contribution is -2.28. The van der Waals surface area contributed by atoms with E-state index < -0.39 is 5.60 Å². The fourth-order valence-corrected chi connectivity index (χ4v) is 2.85. The van der Waals surface area contributed by atoms with Gasteiger partial charge in [-0.25, -0.2) is 0 Å². The number of carbonyl (C=O) groups is 1. The standard InChI is InChI=1S/C10H16N2O2S2/c1-6(8(13)14-10(3,4)5)15-9-12-11-7(2)16-9/h6H,1-5H3. The van der Waals surface area contributed by atoms with Crippen molar-refractivity contribution >= 4 is 29.1 Å². The summed E-state index contributed by atoms with van der Waals surface area (Å²) in [6, 6.07) is 0. The third-order valence-electron chi connectivity index (χ3n) is 1.52. The lowest BCUT2D eigenvalue weighted by molar-refractivity contribution is -0.153. The molecule has 1 heterocycles. The Kier molecular flexibility index (Phi) is 4.32. The van der Waals surface area contributed by atoms with Crippen molar-refractivity contribution < 1.29 is 9.53 Å². The van der Waals surface area contributed by atoms with E-state index in [4.69, 9.17) is 4.74 Å². The maximum Gasteiger partial charge on any atom is 0.319 e. The molecule has 0 aliphatic carbocycles. The van der Waals surface area contributed by atoms with Crippen LogP contribution in [0.25, 0.3) is 0 Å². The zero-order valence-corrected chi connectivity index (χ0v) is 11.7. The van der Waals surface area contributed by atoms with Crippen LogP contribution in [0.4, 0.5) is 0 Å². The van der Waals surface area contributed by atoms with Crippen molar-refractivity contribution in [3.8, 4) is 0 Å². The van der Waals surface area contributed by atoms with Gasteiger partial charge in [0.05, 0.1) is 0 Å². The predicted octanol–water partition coefficient (Wildman–Crippen LogP) is 2.67. The van der Waals surface area contributed by atoms with Crippen molar-refractivity contribution in [2.75, 3.05) is 0 Å². The number of aryl methyl sites for hydroxylation is 1. The summed E-state index contributed by atoms with van der Waals surface area (Å²) < 4.78 is 6.08. The molecule has 0 spiro atoms. The summed E-state index contributed by atoms with van der Waals surface area (Å²) in [5, 5.41) is 8.50. The fraction of sp³-hybridized carbons (Fsp3) is 0.700. The topological polar surface area (TPSA) is 52.1 Å². The molecule has 6 heteroatoms. The first-order chi connectivity index (χ1) is 7.28. The smallest absolute Gasteiger partial charge is 0.319 e. The second kappa shape index (κ2) is 5.14. The van der Waals surface area contributed by atoms with Crippen molar-refractivity contribution in [3.63, 3.8) is 0 Å². The van der Waals surface area contributed by atoms with Gasteiger partial charge in [0.25, 0.3) is 0 Å². The van der Waals surface area contributed by atoms with Crippen LogP contribution in [0.5, 0.6) is 0 Å². The summed E-state index contributed by atoms with van der Waals surface area (Å²) in [7, 11) is 0. The quantitative estimate of drug-likeness (QED) is 0.618. The Bertz CT molecular complexity index is 371. The Hall–Kier alpha value is -0.620. The molecule has 0 N–H and O–H groups in total. The van der Waals surface area contributed by atoms with Crippen LogP contribution in [0, 0.1) is 6.92 Å². The van der Waals surface area contributed by atoms with Crippen molar-refractivity contribution in [1.82, 2.24) is 10.2 Å². The van der Waals surface area contributed by atoms with Crippen molar-refractivity contribution in [3.05, 3.63) is 5.01 Å². The van der Waals surface area contributed by atoms with Crippen LogP contribution in [-0.4, -0.2) is 27.0 Å². The molecule has 0 bridgehead atoms. The van der Waals surface area contributed by atoms with Crippen LogP contribution < -0.4 is 0 Å². The second-order valence-electron chi connectivity index (χ2n) is 4.38. The zero-order chi connectivity index (χ0) is 12.3. The first kappa shape index (κ1) is 13.4. The lowest BCUT2D eigenvalue weighted by atomic mass is 10.2. The SMILES string of the molecule is Cc1nnc(SC(C)C(=O)OC(C)(C)C)s1. The van der Waals surface area contributed by atoms with Gasteiger partial charge in [-0.3, -0.25) is 4.79 Å². The molecule has 0 amide bonds. The van der Waals surface area contributed by atoms with Crippen LogP contribution in [0.2, 0.25) is 0 Å². The van der Waals surface area contributed by atoms with Gasteiger partial charge in [0, 0.05) is 0 Å². The molecule has 0 fully saturated rings. The molecule has 1 unspecified atom stereocenters. The van der Waals surface area contributed by atoms with E-state index in [1.807, 2.05) is 34.6 Å². The number of hydrogen-bond acceptors (Lipinski definition) is 6. The van der Waals surface area contributed by atoms with Gasteiger partial charge >= 0.3 is 5.97 Å². The molecular weight excluding hydrogens is 244 g/mol. The van der Waals surface area contributed by atoms with Gasteiger partial charge in [0.15, 0.2) is 4.34 Å². The molecule has 4 nitrogen and oxygen atoms in total. The number of hydrogen-bond donors (Lipinski definition) is 0. The summed E-state index contributed by atoms with van der Waals surface area (Å²) >= 11 is 2.87. The van der Waals surface area contributed by atoms with Gasteiger partial charge < -0.3 is 4.74 Å². The highest BCUT2D eigenvalue weighted by Gasteiger charge is 2.23. The van der Waals surface area contributed by atoms with Crippen molar-refractivity contribution in [2.24, 2.45) is 0 Å². The summed E-state index contributed by atoms with van der Waals surface area (Å²) in [5.74, 6) is -0.217. The number of nitrogens with zero attached hydrogens (tertiary/aromatic N) is 2. The minimum Gasteiger partial charge on any atom is -0.459 e. The second-order valence-corrected chi connectivity index (χ2v) is 7.15. The first-order valence-electron chi connectivity index (χ1n) is 4.97. The number of rotatable bonds is 3. The van der Waals surface area contributed by atoms with Gasteiger partial charge in [-0.15, -0.1) is 10.2 Å². The Morgan fingerprint density at radius 2 is 2.06 bits per heavy atom. The van der Waals surface area contributed by atoms with E-state index in [-0.39, 0.29) is 11.2 Å². The number of carbonyl (C=O) groups excluding carboxylic acids is 1. The summed E-state index contributed by atoms with van der Waals surface area (Å²) in [4.78, 5) is 11.7. The summed E-state index contributed by atoms with van der Waals surface area (Å²) in [6.45, 7) is 9.28.